The zero-order chi connectivity index (χ0) is 19.8. The third kappa shape index (κ3) is 7.41. The van der Waals surface area contributed by atoms with E-state index in [1.807, 2.05) is 64.7 Å². The zero-order valence-electron chi connectivity index (χ0n) is 16.5. The first-order valence-corrected chi connectivity index (χ1v) is 9.64. The predicted octanol–water partition coefficient (Wildman–Crippen LogP) is 2.70. The van der Waals surface area contributed by atoms with Gasteiger partial charge in [-0.2, -0.15) is 12.7 Å². The molecule has 0 spiro atoms. The Labute approximate surface area is 152 Å². The van der Waals surface area contributed by atoms with Crippen LogP contribution in [0.15, 0.2) is 18.2 Å². The highest BCUT2D eigenvalue weighted by molar-refractivity contribution is 7.87. The molecular weight excluding hydrogens is 340 g/mol. The van der Waals surface area contributed by atoms with Gasteiger partial charge in [-0.3, -0.25) is 0 Å². The Morgan fingerprint density at radius 2 is 1.40 bits per heavy atom. The molecule has 0 bridgehead atoms. The monoisotopic (exact) mass is 372 g/mol. The first kappa shape index (κ1) is 23.4. The molecule has 0 fully saturated rings. The number of hydrogen-bond donors (Lipinski definition) is 3. The first-order valence-electron chi connectivity index (χ1n) is 8.20. The standard InChI is InChI=1S/C15H25N3O3S.C2H7N/c1-10(2)12-8-7-9-13(11(3)4)14(12)16-15(19)17-22(20,21)18(5)6;1-3-2/h7-11H,1-6H3,(H2,16,17,19);3H,1-2H3. The van der Waals surface area contributed by atoms with E-state index in [4.69, 9.17) is 0 Å². The topological polar surface area (TPSA) is 90.5 Å². The van der Waals surface area contributed by atoms with E-state index in [0.29, 0.717) is 5.69 Å². The third-order valence-electron chi connectivity index (χ3n) is 3.31. The minimum atomic E-state index is -3.81. The van der Waals surface area contributed by atoms with E-state index in [1.54, 1.807) is 0 Å². The predicted molar refractivity (Wildman–Crippen MR) is 104 cm³/mol. The maximum atomic E-state index is 12.1. The van der Waals surface area contributed by atoms with Gasteiger partial charge in [-0.25, -0.2) is 9.52 Å². The lowest BCUT2D eigenvalue weighted by Crippen LogP contribution is -2.41. The fraction of sp³-hybridized carbons (Fsp3) is 0.588. The Kier molecular flexibility index (Phi) is 9.69. The first-order chi connectivity index (χ1) is 11.5. The maximum Gasteiger partial charge on any atom is 0.333 e. The van der Waals surface area contributed by atoms with Crippen molar-refractivity contribution in [2.75, 3.05) is 33.5 Å². The van der Waals surface area contributed by atoms with Crippen LogP contribution in [0, 0.1) is 0 Å². The van der Waals surface area contributed by atoms with Crippen molar-refractivity contribution < 1.29 is 13.2 Å². The number of rotatable bonds is 5. The number of amides is 2. The molecule has 0 heterocycles. The Hall–Kier alpha value is -1.64. The van der Waals surface area contributed by atoms with Gasteiger partial charge in [0.2, 0.25) is 0 Å². The summed E-state index contributed by atoms with van der Waals surface area (Å²) in [5.74, 6) is 0.416. The molecule has 1 aromatic carbocycles. The van der Waals surface area contributed by atoms with E-state index >= 15 is 0 Å². The summed E-state index contributed by atoms with van der Waals surface area (Å²) < 4.78 is 26.4. The summed E-state index contributed by atoms with van der Waals surface area (Å²) >= 11 is 0. The molecule has 0 unspecified atom stereocenters. The molecule has 3 N–H and O–H groups in total. The summed E-state index contributed by atoms with van der Waals surface area (Å²) in [4.78, 5) is 12.1. The lowest BCUT2D eigenvalue weighted by molar-refractivity contribution is 0.256. The van der Waals surface area contributed by atoms with Gasteiger partial charge >= 0.3 is 16.2 Å². The van der Waals surface area contributed by atoms with Gasteiger partial charge in [0.1, 0.15) is 0 Å². The number of benzene rings is 1. The molecule has 0 aliphatic rings. The number of nitrogens with zero attached hydrogens (tertiary/aromatic N) is 1. The molecule has 0 aliphatic carbocycles. The summed E-state index contributed by atoms with van der Waals surface area (Å²) in [5.41, 5.74) is 2.63. The molecule has 0 saturated carbocycles. The lowest BCUT2D eigenvalue weighted by atomic mass is 9.93. The SMILES string of the molecule is CC(C)c1cccc(C(C)C)c1NC(=O)NS(=O)(=O)N(C)C.CNC. The summed E-state index contributed by atoms with van der Waals surface area (Å²) in [6.07, 6.45) is 0. The fourth-order valence-corrected chi connectivity index (χ4v) is 2.51. The smallest absolute Gasteiger partial charge is 0.323 e. The van der Waals surface area contributed by atoms with Crippen LogP contribution in [0.25, 0.3) is 0 Å². The van der Waals surface area contributed by atoms with Crippen molar-refractivity contribution in [3.05, 3.63) is 29.3 Å². The van der Waals surface area contributed by atoms with Crippen molar-refractivity contribution in [1.29, 1.82) is 0 Å². The van der Waals surface area contributed by atoms with E-state index < -0.39 is 16.2 Å². The van der Waals surface area contributed by atoms with Gasteiger partial charge in [-0.1, -0.05) is 45.9 Å². The molecule has 0 atom stereocenters. The highest BCUT2D eigenvalue weighted by Gasteiger charge is 2.20. The van der Waals surface area contributed by atoms with E-state index in [-0.39, 0.29) is 11.8 Å². The third-order valence-corrected chi connectivity index (χ3v) is 4.72. The molecule has 1 aromatic rings. The van der Waals surface area contributed by atoms with Gasteiger partial charge in [0, 0.05) is 19.8 Å². The Morgan fingerprint density at radius 1 is 1.00 bits per heavy atom. The van der Waals surface area contributed by atoms with Crippen LogP contribution in [-0.4, -0.2) is 46.9 Å². The number of anilines is 1. The van der Waals surface area contributed by atoms with Crippen molar-refractivity contribution in [1.82, 2.24) is 14.3 Å². The second-order valence-corrected chi connectivity index (χ2v) is 8.35. The van der Waals surface area contributed by atoms with Crippen LogP contribution in [0.4, 0.5) is 10.5 Å². The van der Waals surface area contributed by atoms with Crippen LogP contribution in [-0.2, 0) is 10.2 Å². The van der Waals surface area contributed by atoms with Gasteiger partial charge < -0.3 is 10.6 Å². The summed E-state index contributed by atoms with van der Waals surface area (Å²) in [7, 11) is 2.65. The lowest BCUT2D eigenvalue weighted by Gasteiger charge is -2.21. The minimum absolute atomic E-state index is 0.208. The minimum Gasteiger partial charge on any atom is -0.323 e. The molecule has 0 aromatic heterocycles. The van der Waals surface area contributed by atoms with Gasteiger partial charge in [0.25, 0.3) is 0 Å². The van der Waals surface area contributed by atoms with E-state index in [2.05, 4.69) is 10.6 Å². The van der Waals surface area contributed by atoms with Gasteiger partial charge in [-0.05, 0) is 37.1 Å². The number of carbonyl (C=O) groups is 1. The fourth-order valence-electron chi connectivity index (χ4n) is 2.04. The quantitative estimate of drug-likeness (QED) is 0.741. The zero-order valence-corrected chi connectivity index (χ0v) is 17.3. The average Bonchev–Trinajstić information content (AvgIpc) is 2.46. The van der Waals surface area contributed by atoms with Gasteiger partial charge in [0.05, 0.1) is 0 Å². The van der Waals surface area contributed by atoms with Crippen LogP contribution < -0.4 is 15.4 Å². The number of carbonyl (C=O) groups excluding carboxylic acids is 1. The molecule has 0 radical (unpaired) electrons. The van der Waals surface area contributed by atoms with Crippen LogP contribution in [0.1, 0.15) is 50.7 Å². The molecule has 0 aliphatic heterocycles. The Morgan fingerprint density at radius 3 is 1.72 bits per heavy atom. The van der Waals surface area contributed by atoms with Crippen LogP contribution in [0.3, 0.4) is 0 Å². The maximum absolute atomic E-state index is 12.1. The Balaban J connectivity index is 0.00000178. The van der Waals surface area contributed by atoms with E-state index in [0.717, 1.165) is 15.4 Å². The molecule has 1 rings (SSSR count). The molecule has 7 nitrogen and oxygen atoms in total. The molecule has 8 heteroatoms. The number of hydrogen-bond acceptors (Lipinski definition) is 4. The van der Waals surface area contributed by atoms with Crippen molar-refractivity contribution >= 4 is 21.9 Å². The molecule has 25 heavy (non-hydrogen) atoms. The summed E-state index contributed by atoms with van der Waals surface area (Å²) in [5, 5.41) is 5.45. The number of urea groups is 1. The molecule has 0 saturated heterocycles. The summed E-state index contributed by atoms with van der Waals surface area (Å²) in [6, 6.07) is 5.06. The van der Waals surface area contributed by atoms with E-state index in [9.17, 15) is 13.2 Å². The largest absolute Gasteiger partial charge is 0.333 e. The molecule has 2 amide bonds. The second kappa shape index (κ2) is 10.4. The van der Waals surface area contributed by atoms with Crippen LogP contribution in [0.2, 0.25) is 0 Å². The Bertz CT molecular complexity index is 630. The van der Waals surface area contributed by atoms with E-state index in [1.165, 1.54) is 14.1 Å². The second-order valence-electron chi connectivity index (χ2n) is 6.46. The van der Waals surface area contributed by atoms with Crippen LogP contribution >= 0.6 is 0 Å². The molecule has 144 valence electrons. The summed E-state index contributed by atoms with van der Waals surface area (Å²) in [6.45, 7) is 8.11. The highest BCUT2D eigenvalue weighted by atomic mass is 32.2. The van der Waals surface area contributed by atoms with Crippen LogP contribution in [0.5, 0.6) is 0 Å². The number of nitrogens with one attached hydrogen (secondary N) is 3. The highest BCUT2D eigenvalue weighted by Crippen LogP contribution is 2.32. The van der Waals surface area contributed by atoms with Crippen molar-refractivity contribution in [2.24, 2.45) is 0 Å². The van der Waals surface area contributed by atoms with Crippen molar-refractivity contribution in [2.45, 2.75) is 39.5 Å². The van der Waals surface area contributed by atoms with Crippen molar-refractivity contribution in [3.8, 4) is 0 Å². The average molecular weight is 373 g/mol. The normalized spacial score (nSPS) is 11.3. The number of para-hydroxylation sites is 1. The molecular formula is C17H32N4O3S. The van der Waals surface area contributed by atoms with Gasteiger partial charge in [0.15, 0.2) is 0 Å². The van der Waals surface area contributed by atoms with Crippen molar-refractivity contribution in [3.63, 3.8) is 0 Å². The van der Waals surface area contributed by atoms with Gasteiger partial charge in [-0.15, -0.1) is 0 Å².